The summed E-state index contributed by atoms with van der Waals surface area (Å²) in [5.74, 6) is 8.54. The highest BCUT2D eigenvalue weighted by Gasteiger charge is 2.64. The Hall–Kier alpha value is -0.0800. The molecule has 0 radical (unpaired) electrons. The molecule has 0 saturated heterocycles. The van der Waals surface area contributed by atoms with Crippen LogP contribution in [-0.4, -0.2) is 6.61 Å². The summed E-state index contributed by atoms with van der Waals surface area (Å²) in [4.78, 5) is 5.06. The summed E-state index contributed by atoms with van der Waals surface area (Å²) < 4.78 is 0. The van der Waals surface area contributed by atoms with Crippen LogP contribution < -0.4 is 5.90 Å². The van der Waals surface area contributed by atoms with Gasteiger partial charge >= 0.3 is 0 Å². The number of hydrogen-bond acceptors (Lipinski definition) is 2. The van der Waals surface area contributed by atoms with Gasteiger partial charge in [-0.3, -0.25) is 0 Å². The summed E-state index contributed by atoms with van der Waals surface area (Å²) in [5, 5.41) is 0. The Bertz CT molecular complexity index is 273. The Morgan fingerprint density at radius 3 is 1.81 bits per heavy atom. The molecule has 0 aromatic carbocycles. The van der Waals surface area contributed by atoms with Gasteiger partial charge in [0.05, 0.1) is 6.61 Å². The van der Waals surface area contributed by atoms with Crippen molar-refractivity contribution in [2.75, 3.05) is 6.61 Å². The van der Waals surface area contributed by atoms with Crippen LogP contribution in [0.2, 0.25) is 0 Å². The molecule has 16 heavy (non-hydrogen) atoms. The predicted molar refractivity (Wildman–Crippen MR) is 62.4 cm³/mol. The van der Waals surface area contributed by atoms with Crippen molar-refractivity contribution in [2.24, 2.45) is 34.5 Å². The van der Waals surface area contributed by atoms with Crippen LogP contribution in [0.15, 0.2) is 0 Å². The maximum atomic E-state index is 5.37. The molecule has 0 heterocycles. The third-order valence-corrected chi connectivity index (χ3v) is 6.38. The molecular weight excluding hydrogens is 198 g/mol. The fourth-order valence-corrected chi connectivity index (χ4v) is 5.90. The quantitative estimate of drug-likeness (QED) is 0.744. The molecule has 5 fully saturated rings. The first-order valence-corrected chi connectivity index (χ1v) is 7.07. The Balaban J connectivity index is 1.66. The average molecular weight is 221 g/mol. The minimum Gasteiger partial charge on any atom is -0.304 e. The van der Waals surface area contributed by atoms with Crippen LogP contribution in [0.5, 0.6) is 0 Å². The van der Waals surface area contributed by atoms with E-state index in [9.17, 15) is 0 Å². The SMILES string of the molecule is NOCC1(C23CC4CC(CC(C4)C2)C3)CC1. The highest BCUT2D eigenvalue weighted by molar-refractivity contribution is 5.14. The third-order valence-electron chi connectivity index (χ3n) is 6.38. The molecule has 2 N–H and O–H groups in total. The van der Waals surface area contributed by atoms with Gasteiger partial charge in [0.25, 0.3) is 0 Å². The Morgan fingerprint density at radius 2 is 1.44 bits per heavy atom. The number of rotatable bonds is 3. The van der Waals surface area contributed by atoms with E-state index in [0.717, 1.165) is 24.4 Å². The average Bonchev–Trinajstić information content (AvgIpc) is 2.97. The van der Waals surface area contributed by atoms with Crippen molar-refractivity contribution in [3.63, 3.8) is 0 Å². The van der Waals surface area contributed by atoms with Crippen molar-refractivity contribution in [3.8, 4) is 0 Å². The molecule has 0 aromatic heterocycles. The van der Waals surface area contributed by atoms with Gasteiger partial charge in [0.1, 0.15) is 0 Å². The van der Waals surface area contributed by atoms with Crippen LogP contribution in [0.25, 0.3) is 0 Å². The van der Waals surface area contributed by atoms with E-state index in [1.807, 2.05) is 0 Å². The van der Waals surface area contributed by atoms with Crippen molar-refractivity contribution < 1.29 is 4.84 Å². The standard InChI is InChI=1S/C14H23NO/c15-16-9-13(1-2-13)14-6-10-3-11(7-14)5-12(4-10)8-14/h10-12H,1-9,15H2. The molecule has 90 valence electrons. The third kappa shape index (κ3) is 1.15. The summed E-state index contributed by atoms with van der Waals surface area (Å²) in [6, 6.07) is 0. The van der Waals surface area contributed by atoms with Crippen molar-refractivity contribution in [3.05, 3.63) is 0 Å². The van der Waals surface area contributed by atoms with Gasteiger partial charge in [0.2, 0.25) is 0 Å². The zero-order chi connectivity index (χ0) is 10.8. The van der Waals surface area contributed by atoms with E-state index in [2.05, 4.69) is 0 Å². The summed E-state index contributed by atoms with van der Waals surface area (Å²) in [7, 11) is 0. The van der Waals surface area contributed by atoms with E-state index in [1.165, 1.54) is 51.4 Å². The summed E-state index contributed by atoms with van der Waals surface area (Å²) in [5.41, 5.74) is 1.17. The first kappa shape index (κ1) is 9.90. The van der Waals surface area contributed by atoms with Crippen molar-refractivity contribution in [1.82, 2.24) is 0 Å². The normalized spacial score (nSPS) is 51.9. The van der Waals surface area contributed by atoms with Crippen LogP contribution in [0, 0.1) is 28.6 Å². The lowest BCUT2D eigenvalue weighted by Gasteiger charge is -2.60. The molecule has 0 unspecified atom stereocenters. The molecule has 2 heteroatoms. The lowest BCUT2D eigenvalue weighted by molar-refractivity contribution is -0.117. The van der Waals surface area contributed by atoms with E-state index < -0.39 is 0 Å². The van der Waals surface area contributed by atoms with Crippen LogP contribution in [0.4, 0.5) is 0 Å². The van der Waals surface area contributed by atoms with Gasteiger partial charge in [-0.2, -0.15) is 0 Å². The maximum Gasteiger partial charge on any atom is 0.0740 e. The Labute approximate surface area is 97.9 Å². The van der Waals surface area contributed by atoms with Gasteiger partial charge in [-0.1, -0.05) is 0 Å². The lowest BCUT2D eigenvalue weighted by atomic mass is 9.45. The smallest absolute Gasteiger partial charge is 0.0740 e. The fourth-order valence-electron chi connectivity index (χ4n) is 5.90. The monoisotopic (exact) mass is 221 g/mol. The fraction of sp³-hybridized carbons (Fsp3) is 1.00. The van der Waals surface area contributed by atoms with Crippen LogP contribution in [0.1, 0.15) is 51.4 Å². The molecule has 0 spiro atoms. The van der Waals surface area contributed by atoms with Crippen LogP contribution in [0.3, 0.4) is 0 Å². The van der Waals surface area contributed by atoms with E-state index in [0.29, 0.717) is 10.8 Å². The first-order valence-electron chi connectivity index (χ1n) is 7.07. The minimum absolute atomic E-state index is 0.512. The molecule has 0 aliphatic heterocycles. The van der Waals surface area contributed by atoms with Gasteiger partial charge < -0.3 is 4.84 Å². The summed E-state index contributed by atoms with van der Waals surface area (Å²) >= 11 is 0. The minimum atomic E-state index is 0.512. The molecule has 5 rings (SSSR count). The number of nitrogens with two attached hydrogens (primary N) is 1. The molecule has 5 aliphatic rings. The molecule has 0 atom stereocenters. The molecular formula is C14H23NO. The Kier molecular flexibility index (Phi) is 1.87. The highest BCUT2D eigenvalue weighted by atomic mass is 16.6. The van der Waals surface area contributed by atoms with E-state index in [-0.39, 0.29) is 0 Å². The second kappa shape index (κ2) is 3.02. The lowest BCUT2D eigenvalue weighted by Crippen LogP contribution is -2.51. The Morgan fingerprint density at radius 1 is 0.938 bits per heavy atom. The largest absolute Gasteiger partial charge is 0.304 e. The second-order valence-electron chi connectivity index (χ2n) is 7.29. The van der Waals surface area contributed by atoms with Crippen LogP contribution >= 0.6 is 0 Å². The molecule has 5 saturated carbocycles. The van der Waals surface area contributed by atoms with Gasteiger partial charge in [-0.05, 0) is 74.5 Å². The molecule has 5 aliphatic carbocycles. The van der Waals surface area contributed by atoms with Crippen LogP contribution in [-0.2, 0) is 4.84 Å². The predicted octanol–water partition coefficient (Wildman–Crippen LogP) is 2.87. The van der Waals surface area contributed by atoms with Crippen molar-refractivity contribution >= 4 is 0 Å². The van der Waals surface area contributed by atoms with E-state index >= 15 is 0 Å². The zero-order valence-electron chi connectivity index (χ0n) is 10.1. The molecule has 2 nitrogen and oxygen atoms in total. The zero-order valence-corrected chi connectivity index (χ0v) is 10.1. The highest BCUT2D eigenvalue weighted by Crippen LogP contribution is 2.72. The topological polar surface area (TPSA) is 35.2 Å². The van der Waals surface area contributed by atoms with Crippen molar-refractivity contribution in [1.29, 1.82) is 0 Å². The van der Waals surface area contributed by atoms with E-state index in [1.54, 1.807) is 0 Å². The second-order valence-corrected chi connectivity index (χ2v) is 7.29. The first-order chi connectivity index (χ1) is 7.75. The van der Waals surface area contributed by atoms with Gasteiger partial charge in [-0.25, -0.2) is 5.90 Å². The molecule has 0 amide bonds. The van der Waals surface area contributed by atoms with Crippen molar-refractivity contribution in [2.45, 2.75) is 51.4 Å². The molecule has 0 aromatic rings. The maximum absolute atomic E-state index is 5.37. The summed E-state index contributed by atoms with van der Waals surface area (Å²) in [6.07, 6.45) is 11.9. The van der Waals surface area contributed by atoms with Gasteiger partial charge in [0.15, 0.2) is 0 Å². The van der Waals surface area contributed by atoms with Gasteiger partial charge in [-0.15, -0.1) is 0 Å². The van der Waals surface area contributed by atoms with E-state index in [4.69, 9.17) is 10.7 Å². The van der Waals surface area contributed by atoms with Gasteiger partial charge in [0, 0.05) is 5.41 Å². The molecule has 4 bridgehead atoms. The number of hydrogen-bond donors (Lipinski definition) is 1. The summed E-state index contributed by atoms with van der Waals surface area (Å²) in [6.45, 7) is 0.833.